The molecule has 0 aromatic carbocycles. The molecule has 3 nitrogen and oxygen atoms in total. The highest BCUT2D eigenvalue weighted by Gasteiger charge is 2.27. The lowest BCUT2D eigenvalue weighted by Crippen LogP contribution is -1.80. The normalized spacial score (nSPS) is 20.1. The van der Waals surface area contributed by atoms with Gasteiger partial charge in [-0.15, -0.1) is 11.3 Å². The molecule has 1 saturated carbocycles. The largest absolute Gasteiger partial charge is 0.302 e. The molecule has 1 heterocycles. The first-order valence-electron chi connectivity index (χ1n) is 3.34. The van der Waals surface area contributed by atoms with Crippen LogP contribution in [0, 0.1) is 0 Å². The lowest BCUT2D eigenvalue weighted by Gasteiger charge is -1.83. The summed E-state index contributed by atoms with van der Waals surface area (Å²) in [6.45, 7) is 0. The fraction of sp³-hybridized carbons (Fsp3) is 0.500. The first-order valence-corrected chi connectivity index (χ1v) is 5.26. The second kappa shape index (κ2) is 2.66. The Labute approximate surface area is 70.8 Å². The Kier molecular flexibility index (Phi) is 1.78. The molecule has 1 unspecified atom stereocenters. The van der Waals surface area contributed by atoms with Gasteiger partial charge >= 0.3 is 0 Å². The molecular formula is C6H7NO2S2. The van der Waals surface area contributed by atoms with Crippen LogP contribution in [0.2, 0.25) is 0 Å². The molecule has 5 heteroatoms. The van der Waals surface area contributed by atoms with E-state index in [1.807, 2.05) is 0 Å². The molecule has 1 atom stereocenters. The number of hydrogen-bond acceptors (Lipinski definition) is 3. The number of thiazole rings is 1. The highest BCUT2D eigenvalue weighted by atomic mass is 32.2. The number of rotatable bonds is 2. The molecule has 0 amide bonds. The van der Waals surface area contributed by atoms with Gasteiger partial charge in [0, 0.05) is 5.92 Å². The van der Waals surface area contributed by atoms with Crippen molar-refractivity contribution in [2.75, 3.05) is 0 Å². The Morgan fingerprint density at radius 2 is 2.45 bits per heavy atom. The highest BCUT2D eigenvalue weighted by molar-refractivity contribution is 7.81. The lowest BCUT2D eigenvalue weighted by molar-refractivity contribution is 0.566. The van der Waals surface area contributed by atoms with Gasteiger partial charge in [-0.1, -0.05) is 0 Å². The third kappa shape index (κ3) is 1.50. The molecule has 0 bridgehead atoms. The van der Waals surface area contributed by atoms with E-state index in [4.69, 9.17) is 4.55 Å². The Bertz CT molecular complexity index is 293. The molecule has 60 valence electrons. The minimum absolute atomic E-state index is 0.465. The van der Waals surface area contributed by atoms with Gasteiger partial charge in [0.05, 0.1) is 11.2 Å². The van der Waals surface area contributed by atoms with Crippen LogP contribution in [0.15, 0.2) is 10.4 Å². The van der Waals surface area contributed by atoms with Gasteiger partial charge in [0.1, 0.15) is 4.21 Å². The maximum Gasteiger partial charge on any atom is 0.198 e. The molecule has 1 aromatic rings. The van der Waals surface area contributed by atoms with Crippen molar-refractivity contribution in [2.24, 2.45) is 0 Å². The van der Waals surface area contributed by atoms with Crippen LogP contribution in [0.1, 0.15) is 23.8 Å². The monoisotopic (exact) mass is 189 g/mol. The number of hydrogen-bond donors (Lipinski definition) is 1. The second-order valence-corrected chi connectivity index (χ2v) is 4.80. The summed E-state index contributed by atoms with van der Waals surface area (Å²) >= 11 is -0.491. The molecule has 0 aliphatic heterocycles. The van der Waals surface area contributed by atoms with Crippen LogP contribution in [0.25, 0.3) is 0 Å². The number of nitrogens with zero attached hydrogens (tertiary/aromatic N) is 1. The fourth-order valence-electron chi connectivity index (χ4n) is 0.872. The first kappa shape index (κ1) is 7.39. The van der Waals surface area contributed by atoms with Gasteiger partial charge in [-0.2, -0.15) is 0 Å². The van der Waals surface area contributed by atoms with Gasteiger partial charge in [-0.05, 0) is 12.8 Å². The van der Waals surface area contributed by atoms with E-state index in [2.05, 4.69) is 4.98 Å². The highest BCUT2D eigenvalue weighted by Crippen LogP contribution is 2.42. The summed E-state index contributed by atoms with van der Waals surface area (Å²) in [7, 11) is 0. The topological polar surface area (TPSA) is 50.2 Å². The van der Waals surface area contributed by atoms with Crippen LogP contribution in [0.4, 0.5) is 0 Å². The zero-order chi connectivity index (χ0) is 7.84. The standard InChI is InChI=1S/C6H7NO2S2/c8-11(9)5-3-7-6(10-5)4-1-2-4/h3-4H,1-2H2,(H,8,9). The maximum absolute atomic E-state index is 10.5. The molecule has 0 spiro atoms. The van der Waals surface area contributed by atoms with Crippen LogP contribution in [-0.2, 0) is 11.1 Å². The van der Waals surface area contributed by atoms with Crippen LogP contribution in [0.3, 0.4) is 0 Å². The minimum Gasteiger partial charge on any atom is -0.302 e. The molecule has 1 N–H and O–H groups in total. The molecule has 1 aliphatic rings. The molecular weight excluding hydrogens is 182 g/mol. The molecule has 2 rings (SSSR count). The van der Waals surface area contributed by atoms with Crippen molar-refractivity contribution in [3.05, 3.63) is 11.2 Å². The van der Waals surface area contributed by atoms with Crippen molar-refractivity contribution in [2.45, 2.75) is 23.0 Å². The van der Waals surface area contributed by atoms with Crippen molar-refractivity contribution in [1.29, 1.82) is 0 Å². The van der Waals surface area contributed by atoms with E-state index < -0.39 is 11.1 Å². The Morgan fingerprint density at radius 3 is 2.91 bits per heavy atom. The average molecular weight is 189 g/mol. The molecule has 0 radical (unpaired) electrons. The van der Waals surface area contributed by atoms with Crippen molar-refractivity contribution in [3.63, 3.8) is 0 Å². The van der Waals surface area contributed by atoms with E-state index >= 15 is 0 Å². The van der Waals surface area contributed by atoms with Crippen molar-refractivity contribution in [1.82, 2.24) is 4.98 Å². The van der Waals surface area contributed by atoms with Gasteiger partial charge in [0.2, 0.25) is 0 Å². The predicted molar refractivity (Wildman–Crippen MR) is 43.1 cm³/mol. The van der Waals surface area contributed by atoms with Gasteiger partial charge in [-0.25, -0.2) is 9.19 Å². The summed E-state index contributed by atoms with van der Waals surface area (Å²) in [6.07, 6.45) is 3.87. The summed E-state index contributed by atoms with van der Waals surface area (Å²) < 4.78 is 19.7. The van der Waals surface area contributed by atoms with Gasteiger partial charge in [-0.3, -0.25) is 0 Å². The van der Waals surface area contributed by atoms with Crippen LogP contribution in [0.5, 0.6) is 0 Å². The van der Waals surface area contributed by atoms with Gasteiger partial charge in [0.15, 0.2) is 11.1 Å². The summed E-state index contributed by atoms with van der Waals surface area (Å²) in [6, 6.07) is 0. The van der Waals surface area contributed by atoms with E-state index in [9.17, 15) is 4.21 Å². The molecule has 11 heavy (non-hydrogen) atoms. The molecule has 1 fully saturated rings. The van der Waals surface area contributed by atoms with E-state index in [-0.39, 0.29) is 0 Å². The quantitative estimate of drug-likeness (QED) is 0.719. The van der Waals surface area contributed by atoms with E-state index in [1.54, 1.807) is 0 Å². The first-order chi connectivity index (χ1) is 5.27. The fourth-order valence-corrected chi connectivity index (χ4v) is 2.38. The SMILES string of the molecule is O=S(O)c1cnc(C2CC2)s1. The summed E-state index contributed by atoms with van der Waals surface area (Å²) in [5.41, 5.74) is 0. The predicted octanol–water partition coefficient (Wildman–Crippen LogP) is 1.60. The second-order valence-electron chi connectivity index (χ2n) is 2.54. The molecule has 0 saturated heterocycles. The Hall–Kier alpha value is -0.260. The minimum atomic E-state index is -1.84. The third-order valence-corrected chi connectivity index (χ3v) is 3.68. The Balaban J connectivity index is 2.25. The summed E-state index contributed by atoms with van der Waals surface area (Å²) in [4.78, 5) is 4.06. The average Bonchev–Trinajstić information content (AvgIpc) is 2.68. The molecule has 1 aliphatic carbocycles. The van der Waals surface area contributed by atoms with Crippen molar-refractivity contribution in [3.8, 4) is 0 Å². The smallest absolute Gasteiger partial charge is 0.198 e. The lowest BCUT2D eigenvalue weighted by atomic mass is 10.5. The molecule has 1 aromatic heterocycles. The van der Waals surface area contributed by atoms with Crippen molar-refractivity contribution >= 4 is 22.4 Å². The maximum atomic E-state index is 10.5. The summed E-state index contributed by atoms with van der Waals surface area (Å²) in [5.74, 6) is 0.581. The summed E-state index contributed by atoms with van der Waals surface area (Å²) in [5, 5.41) is 1.02. The van der Waals surface area contributed by atoms with Gasteiger partial charge in [0.25, 0.3) is 0 Å². The van der Waals surface area contributed by atoms with E-state index in [1.165, 1.54) is 30.4 Å². The van der Waals surface area contributed by atoms with E-state index in [0.29, 0.717) is 10.1 Å². The number of aromatic nitrogens is 1. The van der Waals surface area contributed by atoms with Crippen molar-refractivity contribution < 1.29 is 8.76 Å². The third-order valence-electron chi connectivity index (χ3n) is 1.60. The van der Waals surface area contributed by atoms with Crippen LogP contribution in [-0.4, -0.2) is 13.7 Å². The van der Waals surface area contributed by atoms with Crippen LogP contribution >= 0.6 is 11.3 Å². The Morgan fingerprint density at radius 1 is 1.73 bits per heavy atom. The van der Waals surface area contributed by atoms with E-state index in [0.717, 1.165) is 5.01 Å². The van der Waals surface area contributed by atoms with Crippen LogP contribution < -0.4 is 0 Å². The zero-order valence-electron chi connectivity index (χ0n) is 5.69. The van der Waals surface area contributed by atoms with Gasteiger partial charge < -0.3 is 4.55 Å². The zero-order valence-corrected chi connectivity index (χ0v) is 7.32.